The van der Waals surface area contributed by atoms with Crippen LogP contribution in [0.4, 0.5) is 9.18 Å². The number of hydrogen-bond donors (Lipinski definition) is 1. The molecule has 1 aromatic carbocycles. The first kappa shape index (κ1) is 16.6. The Kier molecular flexibility index (Phi) is 4.14. The maximum atomic E-state index is 13.1. The molecule has 6 nitrogen and oxygen atoms in total. The van der Waals surface area contributed by atoms with Crippen LogP contribution in [-0.2, 0) is 5.54 Å². The fourth-order valence-electron chi connectivity index (χ4n) is 3.33. The van der Waals surface area contributed by atoms with Gasteiger partial charge < -0.3 is 19.5 Å². The normalized spacial score (nSPS) is 18.5. The van der Waals surface area contributed by atoms with Crippen molar-refractivity contribution in [2.45, 2.75) is 18.4 Å². The number of benzene rings is 1. The summed E-state index contributed by atoms with van der Waals surface area (Å²) in [7, 11) is 0. The zero-order chi connectivity index (χ0) is 18.1. The van der Waals surface area contributed by atoms with Gasteiger partial charge in [-0.15, -0.1) is 0 Å². The Bertz CT molecular complexity index is 792. The monoisotopic (exact) mass is 357 g/mol. The van der Waals surface area contributed by atoms with Gasteiger partial charge in [-0.3, -0.25) is 4.79 Å². The number of furan rings is 1. The van der Waals surface area contributed by atoms with Crippen molar-refractivity contribution in [2.75, 3.05) is 26.2 Å². The SMILES string of the molecule is O=C(NC1(c2ccc(F)cc2)CC1)N1CCN(C(=O)c2ccco2)CC1. The van der Waals surface area contributed by atoms with Crippen LogP contribution in [0.25, 0.3) is 0 Å². The number of hydrogen-bond acceptors (Lipinski definition) is 3. The van der Waals surface area contributed by atoms with Crippen LogP contribution in [-0.4, -0.2) is 47.9 Å². The van der Waals surface area contributed by atoms with Gasteiger partial charge in [0.15, 0.2) is 5.76 Å². The molecule has 1 saturated carbocycles. The average molecular weight is 357 g/mol. The van der Waals surface area contributed by atoms with E-state index in [0.29, 0.717) is 31.9 Å². The number of nitrogens with zero attached hydrogens (tertiary/aromatic N) is 2. The van der Waals surface area contributed by atoms with Gasteiger partial charge in [-0.1, -0.05) is 12.1 Å². The van der Waals surface area contributed by atoms with E-state index in [0.717, 1.165) is 18.4 Å². The Morgan fingerprint density at radius 2 is 1.65 bits per heavy atom. The van der Waals surface area contributed by atoms with Crippen molar-refractivity contribution in [1.82, 2.24) is 15.1 Å². The van der Waals surface area contributed by atoms with Gasteiger partial charge in [-0.05, 0) is 42.7 Å². The summed E-state index contributed by atoms with van der Waals surface area (Å²) < 4.78 is 18.3. The highest BCUT2D eigenvalue weighted by Crippen LogP contribution is 2.45. The third-order valence-electron chi connectivity index (χ3n) is 5.08. The smallest absolute Gasteiger partial charge is 0.318 e. The Labute approximate surface area is 150 Å². The lowest BCUT2D eigenvalue weighted by molar-refractivity contribution is 0.0632. The maximum absolute atomic E-state index is 13.1. The Morgan fingerprint density at radius 3 is 2.23 bits per heavy atom. The van der Waals surface area contributed by atoms with Gasteiger partial charge in [0.1, 0.15) is 5.82 Å². The highest BCUT2D eigenvalue weighted by atomic mass is 19.1. The molecule has 0 unspecified atom stereocenters. The van der Waals surface area contributed by atoms with Crippen LogP contribution >= 0.6 is 0 Å². The van der Waals surface area contributed by atoms with E-state index in [1.807, 2.05) is 0 Å². The van der Waals surface area contributed by atoms with Crippen molar-refractivity contribution in [3.63, 3.8) is 0 Å². The molecule has 2 fully saturated rings. The van der Waals surface area contributed by atoms with Crippen molar-refractivity contribution in [2.24, 2.45) is 0 Å². The summed E-state index contributed by atoms with van der Waals surface area (Å²) in [6.07, 6.45) is 3.17. The molecular formula is C19H20FN3O3. The van der Waals surface area contributed by atoms with E-state index in [1.54, 1.807) is 34.1 Å². The Balaban J connectivity index is 1.34. The third kappa shape index (κ3) is 3.16. The molecule has 1 aliphatic carbocycles. The summed E-state index contributed by atoms with van der Waals surface area (Å²) in [5.41, 5.74) is 0.546. The topological polar surface area (TPSA) is 65.8 Å². The summed E-state index contributed by atoms with van der Waals surface area (Å²) in [5, 5.41) is 3.09. The van der Waals surface area contributed by atoms with Gasteiger partial charge in [-0.25, -0.2) is 9.18 Å². The number of carbonyl (C=O) groups excluding carboxylic acids is 2. The summed E-state index contributed by atoms with van der Waals surface area (Å²) in [6.45, 7) is 1.88. The van der Waals surface area contributed by atoms with Crippen molar-refractivity contribution >= 4 is 11.9 Å². The Morgan fingerprint density at radius 1 is 1.00 bits per heavy atom. The second kappa shape index (κ2) is 6.48. The maximum Gasteiger partial charge on any atom is 0.318 e. The van der Waals surface area contributed by atoms with Gasteiger partial charge in [0, 0.05) is 26.2 Å². The summed E-state index contributed by atoms with van der Waals surface area (Å²) >= 11 is 0. The van der Waals surface area contributed by atoms with E-state index < -0.39 is 0 Å². The molecule has 7 heteroatoms. The predicted molar refractivity (Wildman–Crippen MR) is 92.0 cm³/mol. The van der Waals surface area contributed by atoms with Crippen LogP contribution in [0.5, 0.6) is 0 Å². The molecule has 2 aromatic rings. The lowest BCUT2D eigenvalue weighted by Gasteiger charge is -2.35. The molecule has 1 aliphatic heterocycles. The Hall–Kier alpha value is -2.83. The first-order valence-electron chi connectivity index (χ1n) is 8.73. The highest BCUT2D eigenvalue weighted by Gasteiger charge is 2.46. The second-order valence-electron chi connectivity index (χ2n) is 6.78. The first-order valence-corrected chi connectivity index (χ1v) is 8.73. The van der Waals surface area contributed by atoms with Gasteiger partial charge >= 0.3 is 6.03 Å². The van der Waals surface area contributed by atoms with Crippen LogP contribution in [0.2, 0.25) is 0 Å². The van der Waals surface area contributed by atoms with E-state index in [1.165, 1.54) is 18.4 Å². The molecule has 0 atom stereocenters. The van der Waals surface area contributed by atoms with Crippen molar-refractivity contribution in [3.8, 4) is 0 Å². The van der Waals surface area contributed by atoms with Crippen LogP contribution in [0.3, 0.4) is 0 Å². The molecule has 1 saturated heterocycles. The zero-order valence-electron chi connectivity index (χ0n) is 14.3. The molecule has 2 heterocycles. The number of amides is 3. The average Bonchev–Trinajstić information content (AvgIpc) is 3.23. The summed E-state index contributed by atoms with van der Waals surface area (Å²) in [5.74, 6) is -0.121. The minimum Gasteiger partial charge on any atom is -0.459 e. The van der Waals surface area contributed by atoms with E-state index in [9.17, 15) is 14.0 Å². The van der Waals surface area contributed by atoms with Gasteiger partial charge in [0.05, 0.1) is 11.8 Å². The van der Waals surface area contributed by atoms with Gasteiger partial charge in [0.25, 0.3) is 5.91 Å². The fourth-order valence-corrected chi connectivity index (χ4v) is 3.33. The van der Waals surface area contributed by atoms with E-state index >= 15 is 0 Å². The summed E-state index contributed by atoms with van der Waals surface area (Å²) in [6, 6.07) is 9.46. The summed E-state index contributed by atoms with van der Waals surface area (Å²) in [4.78, 5) is 28.3. The molecule has 4 rings (SSSR count). The molecule has 136 valence electrons. The number of nitrogens with one attached hydrogen (secondary N) is 1. The predicted octanol–water partition coefficient (Wildman–Crippen LogP) is 2.58. The molecule has 0 bridgehead atoms. The van der Waals surface area contributed by atoms with E-state index in [-0.39, 0.29) is 23.3 Å². The van der Waals surface area contributed by atoms with E-state index in [4.69, 9.17) is 4.42 Å². The molecule has 1 N–H and O–H groups in total. The van der Waals surface area contributed by atoms with Gasteiger partial charge in [-0.2, -0.15) is 0 Å². The highest BCUT2D eigenvalue weighted by molar-refractivity contribution is 5.91. The molecule has 1 aromatic heterocycles. The number of piperazine rings is 1. The van der Waals surface area contributed by atoms with Crippen LogP contribution in [0, 0.1) is 5.82 Å². The number of halogens is 1. The fraction of sp³-hybridized carbons (Fsp3) is 0.368. The molecule has 26 heavy (non-hydrogen) atoms. The number of carbonyl (C=O) groups is 2. The largest absolute Gasteiger partial charge is 0.459 e. The minimum absolute atomic E-state index is 0.142. The first-order chi connectivity index (χ1) is 12.6. The third-order valence-corrected chi connectivity index (χ3v) is 5.08. The second-order valence-corrected chi connectivity index (χ2v) is 6.78. The van der Waals surface area contributed by atoms with Crippen molar-refractivity contribution < 1.29 is 18.4 Å². The molecule has 0 radical (unpaired) electrons. The molecule has 2 aliphatic rings. The number of urea groups is 1. The van der Waals surface area contributed by atoms with E-state index in [2.05, 4.69) is 5.32 Å². The molecule has 0 spiro atoms. The lowest BCUT2D eigenvalue weighted by Crippen LogP contribution is -2.54. The molecule has 3 amide bonds. The molecular weight excluding hydrogens is 337 g/mol. The minimum atomic E-state index is -0.383. The van der Waals surface area contributed by atoms with Crippen molar-refractivity contribution in [1.29, 1.82) is 0 Å². The van der Waals surface area contributed by atoms with Gasteiger partial charge in [0.2, 0.25) is 0 Å². The quantitative estimate of drug-likeness (QED) is 0.918. The van der Waals surface area contributed by atoms with Crippen LogP contribution < -0.4 is 5.32 Å². The zero-order valence-corrected chi connectivity index (χ0v) is 14.3. The van der Waals surface area contributed by atoms with Crippen LogP contribution in [0.15, 0.2) is 47.1 Å². The number of rotatable bonds is 3. The van der Waals surface area contributed by atoms with Crippen molar-refractivity contribution in [3.05, 3.63) is 59.8 Å². The van der Waals surface area contributed by atoms with Crippen LogP contribution in [0.1, 0.15) is 29.0 Å². The standard InChI is InChI=1S/C19H20FN3O3/c20-15-5-3-14(4-6-15)19(7-8-19)21-18(25)23-11-9-22(10-12-23)17(24)16-2-1-13-26-16/h1-6,13H,7-12H2,(H,21,25). The lowest BCUT2D eigenvalue weighted by atomic mass is 10.1.